The van der Waals surface area contributed by atoms with Crippen LogP contribution in [0.2, 0.25) is 0 Å². The Morgan fingerprint density at radius 1 is 0.227 bits per heavy atom. The summed E-state index contributed by atoms with van der Waals surface area (Å²) in [6.07, 6.45) is -8.62. The van der Waals surface area contributed by atoms with E-state index >= 15 is 100 Å². The summed E-state index contributed by atoms with van der Waals surface area (Å²) in [5.41, 5.74) is -46.9. The molecule has 0 unspecified atom stereocenters. The minimum atomic E-state index is -12.3. The SMILES string of the molecule is [C-]#[N+]C([N+]#[C-])=C1Cc2c(F)c3c(c(F)c2=C1c1c(F)c(F)c([N+]#[C-])c(F)c1F)CC(=C(C#N)C#N)C=3c1c(F)c(F)c(C#N)c(F)c1F.[C-]#[N+]C([N+]#[C-])=C1Cc2c(S(F)(F)(F)(F)F)c3c(c(S(F)(F)(F)(F)F)c2=C1c1c(F)c(F)c(F)c(F)c1F)CC(=C(C#N)C#N)C=3c1c(F)c(F)c(F)c(F)c1F.[C-]#[N+]C([N+]#[C-])=C1Cc2cc3c(cc2=C1c1c(F)c(F)c([N+]#[C-])c(F)c1F)CC(=C(C#N)C#N)C=3c1c(F)c(F)c(C#N)c(F)c1F. The van der Waals surface area contributed by atoms with Crippen molar-refractivity contribution in [1.82, 2.24) is 0 Å². The highest BCUT2D eigenvalue weighted by Gasteiger charge is 2.73. The maximum atomic E-state index is 16.6. The molecule has 9 aromatic carbocycles. The van der Waals surface area contributed by atoms with Crippen LogP contribution in [0.1, 0.15) is 77.9 Å². The highest BCUT2D eigenvalue weighted by atomic mass is 32.5. The summed E-state index contributed by atoms with van der Waals surface area (Å²) in [6, 6.07) is 11.1. The summed E-state index contributed by atoms with van der Waals surface area (Å²) in [4.78, 5) is 13.0. The fourth-order valence-electron chi connectivity index (χ4n) is 17.4. The molecule has 0 bridgehead atoms. The largest absolute Gasteiger partial charge is 0.523 e. The summed E-state index contributed by atoms with van der Waals surface area (Å²) >= 11 is 0. The Balaban J connectivity index is 0.000000188. The van der Waals surface area contributed by atoms with Crippen molar-refractivity contribution in [3.63, 3.8) is 0 Å². The summed E-state index contributed by atoms with van der Waals surface area (Å²) in [5.74, 6) is -74.4. The maximum Gasteiger partial charge on any atom is 0.523 e. The van der Waals surface area contributed by atoms with Crippen LogP contribution in [-0.4, -0.2) is 0 Å². The first-order chi connectivity index (χ1) is 69.8. The van der Waals surface area contributed by atoms with Crippen LogP contribution < -0.4 is 31.3 Å². The molecule has 56 heteroatoms. The molecule has 9 aromatic rings. The third-order valence-electron chi connectivity index (χ3n) is 23.2. The van der Waals surface area contributed by atoms with Gasteiger partial charge < -0.3 is 0 Å². The van der Waals surface area contributed by atoms with E-state index < -0.39 is 432 Å². The summed E-state index contributed by atoms with van der Waals surface area (Å²) in [7, 11) is -24.5. The zero-order valence-corrected chi connectivity index (χ0v) is 72.4. The first-order valence-electron chi connectivity index (χ1n) is 38.5. The molecule has 16 nitrogen and oxygen atoms in total. The standard InChI is InChI=1S/C32H4F10N6.C32H6F8N6.C30H4F20N4S2/c1-46-31-29(41)27(39)20(28(40)30(31)42)16-13(32(47-2)48-3)5-12-18(16)21(33)11-4-10(9(6-43)7-44)15(17(11)22(12)34)19-25(37)23(35)14(8-45)24(36)26(19)38;1-44-31-29(39)27(37)22(28(38)30(31)40)20-15-4-11-6-16(13(8-41)9-42)19(14(11)5-12(15)7-17(20)32(45-2)46-3)21-25(35)23(33)18(10-43)24(34)26(21)36;1-53-30(54-2)11-4-10-15(13(11)17-20(33)24(37)27(40)25(38)21(17)34)28(55(41,42,43,44)45)9-3-8(7(5-51)6-52)12(14(9)29(10)56(46,47,48,49)50)16-18(31)22(35)26(39)23(36)19(16)32/h4-5H2;4-5H,6-7H2;3-4H2. The number of allylic oxidation sites excluding steroid dienone is 9. The molecule has 0 N–H and O–H groups in total. The van der Waals surface area contributed by atoms with Crippen LogP contribution in [0.5, 0.6) is 0 Å². The van der Waals surface area contributed by atoms with E-state index in [-0.39, 0.29) is 21.6 Å². The number of hydrogen-bond donors (Lipinski definition) is 0. The van der Waals surface area contributed by atoms with Crippen molar-refractivity contribution in [2.24, 2.45) is 0 Å². The molecular formula is C94H14F38N16S2. The van der Waals surface area contributed by atoms with E-state index in [4.69, 9.17) is 63.1 Å². The number of hydrogen-bond acceptors (Lipinski definition) is 8. The average molecular weight is 2150 g/mol. The second-order valence-corrected chi connectivity index (χ2v) is 35.4. The Hall–Kier alpha value is -19.5. The number of fused-ring (bicyclic) bond motifs is 6. The fourth-order valence-corrected chi connectivity index (χ4v) is 19.9. The molecular weight excluding hydrogens is 2140 g/mol. The predicted molar refractivity (Wildman–Crippen MR) is 432 cm³/mol. The molecule has 0 amide bonds. The van der Waals surface area contributed by atoms with Crippen molar-refractivity contribution < 1.29 is 162 Å². The number of halogens is 38. The van der Waals surface area contributed by atoms with Gasteiger partial charge in [-0.15, -0.1) is 0 Å². The molecule has 0 radical (unpaired) electrons. The number of rotatable bonds is 8. The molecule has 15 rings (SSSR count). The average Bonchev–Trinajstić information content (AvgIpc) is 1.45. The highest BCUT2D eigenvalue weighted by molar-refractivity contribution is 8.46. The lowest BCUT2D eigenvalue weighted by Crippen LogP contribution is -2.35. The molecule has 0 aromatic heterocycles. The monoisotopic (exact) mass is 2150 g/mol. The van der Waals surface area contributed by atoms with Crippen LogP contribution in [0.3, 0.4) is 0 Å². The third-order valence-corrected chi connectivity index (χ3v) is 25.6. The Bertz CT molecular complexity index is 8820. The van der Waals surface area contributed by atoms with Crippen LogP contribution in [0.25, 0.3) is 72.2 Å². The topological polar surface area (TPSA) is 225 Å². The molecule has 0 atom stereocenters. The minimum absolute atomic E-state index is 0.0490. The molecule has 0 saturated heterocycles. The van der Waals surface area contributed by atoms with Crippen molar-refractivity contribution >= 4 is 65.3 Å². The number of benzene rings is 9. The van der Waals surface area contributed by atoms with Crippen LogP contribution in [0.15, 0.2) is 89.5 Å². The van der Waals surface area contributed by atoms with Gasteiger partial charge in [-0.3, -0.25) is 0 Å². The lowest BCUT2D eigenvalue weighted by molar-refractivity contribution is 0.352. The summed E-state index contributed by atoms with van der Waals surface area (Å²) in [6.45, 7) is 57.2. The van der Waals surface area contributed by atoms with E-state index in [0.717, 1.165) is 24.3 Å². The van der Waals surface area contributed by atoms with Gasteiger partial charge in [-0.2, -0.15) is 71.2 Å². The van der Waals surface area contributed by atoms with Crippen LogP contribution in [0.4, 0.5) is 173 Å². The van der Waals surface area contributed by atoms with Gasteiger partial charge in [0.15, 0.2) is 140 Å². The molecule has 748 valence electrons. The molecule has 0 fully saturated rings. The molecule has 6 aliphatic rings. The van der Waals surface area contributed by atoms with Crippen LogP contribution >= 0.6 is 20.4 Å². The molecule has 0 heterocycles. The predicted octanol–water partition coefficient (Wildman–Crippen LogP) is 23.8. The fraction of sp³-hybridized carbons (Fsp3) is 0.0638. The van der Waals surface area contributed by atoms with Crippen molar-refractivity contribution in [2.75, 3.05) is 0 Å². The first kappa shape index (κ1) is 108. The van der Waals surface area contributed by atoms with Gasteiger partial charge >= 0.3 is 37.9 Å². The normalized spacial score (nSPS) is 14.1. The Morgan fingerprint density at radius 3 is 0.673 bits per heavy atom. The first-order valence-corrected chi connectivity index (χ1v) is 42.4. The second-order valence-electron chi connectivity index (χ2n) is 30.7. The van der Waals surface area contributed by atoms with Crippen molar-refractivity contribution in [3.8, 4) is 48.6 Å². The van der Waals surface area contributed by atoms with Gasteiger partial charge in [-0.05, 0) is 91.1 Å². The van der Waals surface area contributed by atoms with Crippen LogP contribution in [0, 0.1) is 306 Å². The van der Waals surface area contributed by atoms with E-state index in [1.807, 2.05) is 0 Å². The quantitative estimate of drug-likeness (QED) is 0.0466. The molecule has 0 aliphatic heterocycles. The molecule has 6 aliphatic carbocycles. The van der Waals surface area contributed by atoms with Gasteiger partial charge in [0.1, 0.15) is 137 Å². The highest BCUT2D eigenvalue weighted by Crippen LogP contribution is 3.04. The number of nitriles is 8. The Morgan fingerprint density at radius 2 is 0.420 bits per heavy atom. The van der Waals surface area contributed by atoms with E-state index in [2.05, 4.69) is 38.8 Å². The van der Waals surface area contributed by atoms with E-state index in [9.17, 15) is 93.0 Å². The lowest BCUT2D eigenvalue weighted by Gasteiger charge is -2.45. The van der Waals surface area contributed by atoms with Crippen LogP contribution in [-0.2, 0) is 38.5 Å². The smallest absolute Gasteiger partial charge is 0.232 e. The zero-order valence-electron chi connectivity index (χ0n) is 70.7. The Labute approximate surface area is 805 Å². The lowest BCUT2D eigenvalue weighted by atomic mass is 9.93. The van der Waals surface area contributed by atoms with Crippen molar-refractivity contribution in [2.45, 2.75) is 48.3 Å². The van der Waals surface area contributed by atoms with Crippen molar-refractivity contribution in [3.05, 3.63) is 443 Å². The van der Waals surface area contributed by atoms with Gasteiger partial charge in [0.25, 0.3) is 11.4 Å². The zero-order chi connectivity index (χ0) is 112. The number of nitrogens with zero attached hydrogens (tertiary/aromatic N) is 16. The van der Waals surface area contributed by atoms with Crippen molar-refractivity contribution in [1.29, 1.82) is 42.1 Å². The van der Waals surface area contributed by atoms with Gasteiger partial charge in [0.05, 0.1) is 63.2 Å². The van der Waals surface area contributed by atoms with Gasteiger partial charge in [0.2, 0.25) is 11.6 Å². The van der Waals surface area contributed by atoms with Gasteiger partial charge in [0, 0.05) is 74.4 Å². The van der Waals surface area contributed by atoms with E-state index in [1.54, 1.807) is 0 Å². The molecule has 0 saturated carbocycles. The summed E-state index contributed by atoms with van der Waals surface area (Å²) < 4.78 is 574. The second kappa shape index (κ2) is 35.8. The third kappa shape index (κ3) is 16.1. The van der Waals surface area contributed by atoms with Gasteiger partial charge in [-0.1, -0.05) is 38.9 Å². The molecule has 150 heavy (non-hydrogen) atoms. The van der Waals surface area contributed by atoms with E-state index in [0.29, 0.717) is 12.1 Å². The van der Waals surface area contributed by atoms with Gasteiger partial charge in [-0.25, -0.2) is 133 Å². The minimum Gasteiger partial charge on any atom is -0.232 e. The molecule has 0 spiro atoms. The Kier molecular flexibility index (Phi) is 25.7. The summed E-state index contributed by atoms with van der Waals surface area (Å²) in [5, 5.41) is 65.6. The van der Waals surface area contributed by atoms with E-state index in [1.165, 1.54) is 24.3 Å². The maximum absolute atomic E-state index is 16.6.